The summed E-state index contributed by atoms with van der Waals surface area (Å²) in [4.78, 5) is 27.5. The molecule has 0 aliphatic heterocycles. The molecule has 1 aliphatic carbocycles. The third-order valence-electron chi connectivity index (χ3n) is 9.13. The maximum Gasteiger partial charge on any atom is 0.338 e. The van der Waals surface area contributed by atoms with Crippen LogP contribution in [0.15, 0.2) is 97.1 Å². The van der Waals surface area contributed by atoms with Crippen molar-refractivity contribution in [3.63, 3.8) is 0 Å². The first-order valence-corrected chi connectivity index (χ1v) is 15.3. The lowest BCUT2D eigenvalue weighted by Crippen LogP contribution is -2.12. The van der Waals surface area contributed by atoms with E-state index in [0.29, 0.717) is 22.3 Å². The molecule has 0 heterocycles. The van der Waals surface area contributed by atoms with Crippen molar-refractivity contribution in [3.8, 4) is 22.3 Å². The Labute approximate surface area is 255 Å². The molecule has 1 aliphatic rings. The van der Waals surface area contributed by atoms with E-state index in [-0.39, 0.29) is 13.2 Å². The Morgan fingerprint density at radius 3 is 1.66 bits per heavy atom. The topological polar surface area (TPSA) is 52.6 Å². The lowest BCUT2D eigenvalue weighted by atomic mass is 9.85. The fraction of sp³-hybridized carbons (Fsp3) is 0.150. The molecule has 0 saturated carbocycles. The van der Waals surface area contributed by atoms with Gasteiger partial charge in [-0.15, -0.1) is 0 Å². The fourth-order valence-corrected chi connectivity index (χ4v) is 7.25. The number of aryl methyl sites for hydroxylation is 2. The molecule has 4 heteroatoms. The molecule has 0 N–H and O–H groups in total. The molecular formula is C40H30O4. The van der Waals surface area contributed by atoms with Crippen molar-refractivity contribution < 1.29 is 19.1 Å². The van der Waals surface area contributed by atoms with E-state index in [9.17, 15) is 9.59 Å². The number of ether oxygens (including phenoxy) is 2. The summed E-state index contributed by atoms with van der Waals surface area (Å²) in [7, 11) is 0. The minimum absolute atomic E-state index is 0.243. The molecule has 0 spiro atoms. The van der Waals surface area contributed by atoms with Crippen LogP contribution in [-0.4, -0.2) is 25.2 Å². The van der Waals surface area contributed by atoms with Crippen molar-refractivity contribution in [3.05, 3.63) is 119 Å². The van der Waals surface area contributed by atoms with Gasteiger partial charge >= 0.3 is 11.9 Å². The number of carbonyl (C=O) groups excluding carboxylic acids is 2. The van der Waals surface area contributed by atoms with E-state index in [2.05, 4.69) is 78.9 Å². The number of rotatable bonds is 6. The molecule has 214 valence electrons. The van der Waals surface area contributed by atoms with E-state index in [0.717, 1.165) is 56.3 Å². The van der Waals surface area contributed by atoms with Crippen LogP contribution in [0.4, 0.5) is 0 Å². The highest BCUT2D eigenvalue weighted by atomic mass is 16.5. The van der Waals surface area contributed by atoms with Crippen molar-refractivity contribution in [1.82, 2.24) is 0 Å². The second-order valence-electron chi connectivity index (χ2n) is 11.5. The van der Waals surface area contributed by atoms with Gasteiger partial charge in [0.05, 0.1) is 24.3 Å². The van der Waals surface area contributed by atoms with Crippen molar-refractivity contribution in [1.29, 1.82) is 0 Å². The molecule has 0 radical (unpaired) electrons. The van der Waals surface area contributed by atoms with Gasteiger partial charge in [-0.2, -0.15) is 0 Å². The summed E-state index contributed by atoms with van der Waals surface area (Å²) in [6.07, 6.45) is 2.01. The van der Waals surface area contributed by atoms with Gasteiger partial charge in [-0.25, -0.2) is 9.59 Å². The molecule has 0 amide bonds. The third-order valence-corrected chi connectivity index (χ3v) is 9.13. The summed E-state index contributed by atoms with van der Waals surface area (Å²) in [5.74, 6) is -0.837. The van der Waals surface area contributed by atoms with E-state index < -0.39 is 11.9 Å². The first-order valence-electron chi connectivity index (χ1n) is 15.3. The van der Waals surface area contributed by atoms with Gasteiger partial charge in [-0.1, -0.05) is 84.9 Å². The Bertz CT molecular complexity index is 2270. The highest BCUT2D eigenvalue weighted by Crippen LogP contribution is 2.44. The standard InChI is InChI=1S/C40H30O4/c1-3-43-39(41)34-22-33(29-19-16-27-14-12-24-7-5-8-25-17-20-31(29)38(27)37(24)25)35(40(42)44-4-2)21-32(34)28-18-15-26-13-11-23-9-6-10-30(28)36(23)26/h5-10,12,14-22H,3-4,11,13H2,1-2H3. The zero-order chi connectivity index (χ0) is 29.9. The zero-order valence-corrected chi connectivity index (χ0v) is 24.7. The Morgan fingerprint density at radius 1 is 0.523 bits per heavy atom. The van der Waals surface area contributed by atoms with Crippen LogP contribution in [0.2, 0.25) is 0 Å². The van der Waals surface area contributed by atoms with Crippen LogP contribution < -0.4 is 0 Å². The summed E-state index contributed by atoms with van der Waals surface area (Å²) in [5, 5.41) is 9.13. The Morgan fingerprint density at radius 2 is 1.02 bits per heavy atom. The Hall–Kier alpha value is -5.22. The average molecular weight is 575 g/mol. The summed E-state index contributed by atoms with van der Waals surface area (Å²) in [6, 6.07) is 33.3. The Kier molecular flexibility index (Phi) is 6.12. The number of carbonyl (C=O) groups is 2. The molecule has 4 nitrogen and oxygen atoms in total. The van der Waals surface area contributed by atoms with Crippen LogP contribution >= 0.6 is 0 Å². The van der Waals surface area contributed by atoms with Crippen molar-refractivity contribution in [2.75, 3.05) is 13.2 Å². The maximum atomic E-state index is 13.7. The molecule has 0 fully saturated rings. The second-order valence-corrected chi connectivity index (χ2v) is 11.5. The smallest absolute Gasteiger partial charge is 0.338 e. The van der Waals surface area contributed by atoms with Crippen LogP contribution in [0.25, 0.3) is 65.3 Å². The SMILES string of the molecule is CCOC(=O)c1cc(-c2ccc3ccc4cccc5ccc2c3c45)c(C(=O)OCC)cc1-c1ccc2c3c(cccc13)CC2. The van der Waals surface area contributed by atoms with E-state index in [1.165, 1.54) is 21.9 Å². The van der Waals surface area contributed by atoms with Crippen LogP contribution in [0.5, 0.6) is 0 Å². The van der Waals surface area contributed by atoms with E-state index in [1.807, 2.05) is 32.0 Å². The van der Waals surface area contributed by atoms with Gasteiger partial charge in [0, 0.05) is 0 Å². The van der Waals surface area contributed by atoms with Gasteiger partial charge in [-0.05, 0) is 115 Å². The van der Waals surface area contributed by atoms with Gasteiger partial charge in [-0.3, -0.25) is 0 Å². The van der Waals surface area contributed by atoms with Crippen LogP contribution in [-0.2, 0) is 22.3 Å². The summed E-state index contributed by atoms with van der Waals surface area (Å²) < 4.78 is 11.3. The minimum Gasteiger partial charge on any atom is -0.462 e. The zero-order valence-electron chi connectivity index (χ0n) is 24.7. The van der Waals surface area contributed by atoms with Crippen molar-refractivity contribution in [2.24, 2.45) is 0 Å². The minimum atomic E-state index is -0.421. The highest BCUT2D eigenvalue weighted by molar-refractivity contribution is 6.26. The molecule has 44 heavy (non-hydrogen) atoms. The molecule has 0 saturated heterocycles. The average Bonchev–Trinajstić information content (AvgIpc) is 3.48. The first-order chi connectivity index (χ1) is 21.6. The largest absolute Gasteiger partial charge is 0.462 e. The van der Waals surface area contributed by atoms with Gasteiger partial charge in [0.2, 0.25) is 0 Å². The molecule has 7 aromatic rings. The molecule has 0 atom stereocenters. The van der Waals surface area contributed by atoms with E-state index >= 15 is 0 Å². The quantitative estimate of drug-likeness (QED) is 0.147. The predicted octanol–water partition coefficient (Wildman–Crippen LogP) is 9.52. The van der Waals surface area contributed by atoms with Gasteiger partial charge in [0.1, 0.15) is 0 Å². The lowest BCUT2D eigenvalue weighted by Gasteiger charge is -2.19. The van der Waals surface area contributed by atoms with E-state index in [4.69, 9.17) is 9.47 Å². The number of hydrogen-bond acceptors (Lipinski definition) is 4. The van der Waals surface area contributed by atoms with Crippen molar-refractivity contribution >= 4 is 55.0 Å². The third kappa shape index (κ3) is 3.91. The first kappa shape index (κ1) is 26.4. The monoisotopic (exact) mass is 574 g/mol. The van der Waals surface area contributed by atoms with Crippen LogP contribution in [0.3, 0.4) is 0 Å². The number of esters is 2. The van der Waals surface area contributed by atoms with Crippen LogP contribution in [0, 0.1) is 0 Å². The highest BCUT2D eigenvalue weighted by Gasteiger charge is 2.26. The number of benzene rings is 7. The lowest BCUT2D eigenvalue weighted by molar-refractivity contribution is 0.0513. The molecule has 0 unspecified atom stereocenters. The normalized spacial score (nSPS) is 12.5. The van der Waals surface area contributed by atoms with Crippen molar-refractivity contribution in [2.45, 2.75) is 26.7 Å². The van der Waals surface area contributed by atoms with Gasteiger partial charge in [0.25, 0.3) is 0 Å². The summed E-state index contributed by atoms with van der Waals surface area (Å²) in [5.41, 5.74) is 6.58. The predicted molar refractivity (Wildman–Crippen MR) is 178 cm³/mol. The Balaban J connectivity index is 1.46. The molecule has 0 bridgehead atoms. The molecule has 7 aromatic carbocycles. The van der Waals surface area contributed by atoms with Gasteiger partial charge in [0.15, 0.2) is 0 Å². The summed E-state index contributed by atoms with van der Waals surface area (Å²) >= 11 is 0. The molecule has 0 aromatic heterocycles. The fourth-order valence-electron chi connectivity index (χ4n) is 7.25. The molecular weight excluding hydrogens is 544 g/mol. The maximum absolute atomic E-state index is 13.7. The second kappa shape index (κ2) is 10.2. The molecule has 8 rings (SSSR count). The number of hydrogen-bond donors (Lipinski definition) is 0. The summed E-state index contributed by atoms with van der Waals surface area (Å²) in [6.45, 7) is 4.11. The van der Waals surface area contributed by atoms with E-state index in [1.54, 1.807) is 0 Å². The van der Waals surface area contributed by atoms with Gasteiger partial charge < -0.3 is 9.47 Å². The van der Waals surface area contributed by atoms with Crippen LogP contribution in [0.1, 0.15) is 45.7 Å².